The molecule has 0 amide bonds. The van der Waals surface area contributed by atoms with Gasteiger partial charge in [-0.15, -0.1) is 0 Å². The van der Waals surface area contributed by atoms with Gasteiger partial charge in [0.15, 0.2) is 5.78 Å². The number of para-hydroxylation sites is 1. The van der Waals surface area contributed by atoms with Crippen LogP contribution in [-0.4, -0.2) is 15.0 Å². The molecule has 13 heavy (non-hydrogen) atoms. The molecule has 0 unspecified atom stereocenters. The van der Waals surface area contributed by atoms with E-state index in [-0.39, 0.29) is 28.5 Å². The van der Waals surface area contributed by atoms with Crippen molar-refractivity contribution in [2.24, 2.45) is 0 Å². The number of rotatable bonds is 0. The van der Waals surface area contributed by atoms with Crippen molar-refractivity contribution in [1.29, 1.82) is 0 Å². The molecule has 0 aliphatic carbocycles. The van der Waals surface area contributed by atoms with Crippen LogP contribution in [-0.2, 0) is 11.3 Å². The fourth-order valence-electron chi connectivity index (χ4n) is 1.22. The van der Waals surface area contributed by atoms with Gasteiger partial charge in [0.25, 0.3) is 0 Å². The average molecular weight is 194 g/mol. The molecule has 0 saturated carbocycles. The number of benzene rings is 1. The third-order valence-electron chi connectivity index (χ3n) is 1.81. The highest BCUT2D eigenvalue weighted by Gasteiger charge is 2.22. The quantitative estimate of drug-likeness (QED) is 0.578. The van der Waals surface area contributed by atoms with E-state index >= 15 is 0 Å². The smallest absolute Gasteiger partial charge is 0.204 e. The molecule has 0 fully saturated rings. The number of carbonyl (C=O) groups excluding carboxylic acids is 1. The van der Waals surface area contributed by atoms with Crippen molar-refractivity contribution in [3.8, 4) is 5.75 Å². The van der Waals surface area contributed by atoms with E-state index in [9.17, 15) is 9.00 Å². The van der Waals surface area contributed by atoms with Gasteiger partial charge >= 0.3 is 0 Å². The van der Waals surface area contributed by atoms with Gasteiger partial charge < -0.3 is 4.74 Å². The normalized spacial score (nSPS) is 14.8. The first-order valence-corrected chi connectivity index (χ1v) is 4.51. The Balaban J connectivity index is 2.54. The highest BCUT2D eigenvalue weighted by atomic mass is 32.1. The van der Waals surface area contributed by atoms with E-state index < -0.39 is 0 Å². The topological polar surface area (TPSA) is 43.4 Å². The molecule has 4 heteroatoms. The lowest BCUT2D eigenvalue weighted by Gasteiger charge is -2.15. The monoisotopic (exact) mass is 194 g/mol. The van der Waals surface area contributed by atoms with Gasteiger partial charge in [-0.05, 0) is 12.1 Å². The molecule has 2 rings (SSSR count). The molecule has 66 valence electrons. The van der Waals surface area contributed by atoms with Crippen LogP contribution in [0.1, 0.15) is 16.8 Å². The van der Waals surface area contributed by atoms with Crippen LogP contribution in [0, 0.1) is 0 Å². The zero-order valence-electron chi connectivity index (χ0n) is 6.65. The Kier molecular flexibility index (Phi) is 1.98. The minimum Gasteiger partial charge on any atom is -0.447 e. The lowest BCUT2D eigenvalue weighted by Crippen LogP contribution is -2.21. The summed E-state index contributed by atoms with van der Waals surface area (Å²) in [5.41, 5.74) is 0.556. The molecular formula is C9H6O3S. The zero-order chi connectivity index (χ0) is 9.26. The Morgan fingerprint density at radius 3 is 2.85 bits per heavy atom. The van der Waals surface area contributed by atoms with Gasteiger partial charge in [-0.3, -0.25) is 4.79 Å². The number of hydrogen-bond acceptors (Lipinski definition) is 3. The summed E-state index contributed by atoms with van der Waals surface area (Å²) >= 11 is 0.237. The Hall–Kier alpha value is -1.42. The van der Waals surface area contributed by atoms with Crippen molar-refractivity contribution in [2.75, 3.05) is 0 Å². The molecule has 0 saturated heterocycles. The third kappa shape index (κ3) is 1.40. The van der Waals surface area contributed by atoms with Crippen molar-refractivity contribution in [3.63, 3.8) is 0 Å². The van der Waals surface area contributed by atoms with E-state index in [0.717, 1.165) is 0 Å². The Bertz CT molecular complexity index is 419. The SMILES string of the molecule is O=S=C1CC(=O)c2ccccc2O1. The van der Waals surface area contributed by atoms with Crippen LogP contribution in [0.25, 0.3) is 0 Å². The summed E-state index contributed by atoms with van der Waals surface area (Å²) in [7, 11) is 0. The fourth-order valence-corrected chi connectivity index (χ4v) is 1.53. The Morgan fingerprint density at radius 2 is 2.08 bits per heavy atom. The molecule has 1 heterocycles. The molecule has 1 aromatic rings. The molecule has 0 atom stereocenters. The first-order chi connectivity index (χ1) is 6.31. The van der Waals surface area contributed by atoms with E-state index in [1.54, 1.807) is 24.3 Å². The molecule has 0 N–H and O–H groups in total. The summed E-state index contributed by atoms with van der Waals surface area (Å²) in [5.74, 6) is 0.428. The highest BCUT2D eigenvalue weighted by Crippen LogP contribution is 2.24. The van der Waals surface area contributed by atoms with Crippen molar-refractivity contribution in [2.45, 2.75) is 6.42 Å². The van der Waals surface area contributed by atoms with E-state index in [1.165, 1.54) is 0 Å². The number of hydrogen-bond donors (Lipinski definition) is 0. The van der Waals surface area contributed by atoms with Crippen molar-refractivity contribution in [1.82, 2.24) is 0 Å². The van der Waals surface area contributed by atoms with Crippen molar-refractivity contribution in [3.05, 3.63) is 29.8 Å². The largest absolute Gasteiger partial charge is 0.447 e. The van der Waals surface area contributed by atoms with Crippen LogP contribution in [0.4, 0.5) is 0 Å². The number of Topliss-reactive ketones (excluding diaryl/α,β-unsaturated/α-hetero) is 1. The standard InChI is InChI=1S/C9H6O3S/c10-7-5-9(13-11)12-8-4-2-1-3-6(7)8/h1-4H,5H2. The molecule has 1 aliphatic rings. The van der Waals surface area contributed by atoms with Gasteiger partial charge in [-0.1, -0.05) is 12.1 Å². The average Bonchev–Trinajstić information content (AvgIpc) is 2.18. The molecular weight excluding hydrogens is 188 g/mol. The Morgan fingerprint density at radius 1 is 1.31 bits per heavy atom. The maximum atomic E-state index is 11.4. The number of carbonyl (C=O) groups is 1. The summed E-state index contributed by atoms with van der Waals surface area (Å²) in [5, 5.41) is 0.226. The Labute approximate surface area is 78.4 Å². The highest BCUT2D eigenvalue weighted by molar-refractivity contribution is 7.66. The van der Waals surface area contributed by atoms with Crippen molar-refractivity contribution < 1.29 is 13.7 Å². The molecule has 1 aliphatic heterocycles. The third-order valence-corrected chi connectivity index (χ3v) is 2.22. The van der Waals surface area contributed by atoms with E-state index in [4.69, 9.17) is 4.74 Å². The van der Waals surface area contributed by atoms with Crippen LogP contribution < -0.4 is 4.74 Å². The number of ketones is 1. The van der Waals surface area contributed by atoms with Gasteiger partial charge in [0.2, 0.25) is 5.05 Å². The van der Waals surface area contributed by atoms with Gasteiger partial charge in [0, 0.05) is 0 Å². The van der Waals surface area contributed by atoms with Crippen LogP contribution in [0.3, 0.4) is 0 Å². The van der Waals surface area contributed by atoms with Gasteiger partial charge in [-0.2, -0.15) is 0 Å². The van der Waals surface area contributed by atoms with E-state index in [0.29, 0.717) is 11.3 Å². The number of ether oxygens (including phenoxy) is 1. The summed E-state index contributed by atoms with van der Waals surface area (Å²) in [6, 6.07) is 6.92. The predicted molar refractivity (Wildman–Crippen MR) is 49.2 cm³/mol. The van der Waals surface area contributed by atoms with Gasteiger partial charge in [0.05, 0.1) is 12.0 Å². The molecule has 0 bridgehead atoms. The minimum absolute atomic E-state index is 0.0554. The van der Waals surface area contributed by atoms with Crippen LogP contribution in [0.2, 0.25) is 0 Å². The van der Waals surface area contributed by atoms with Crippen molar-refractivity contribution >= 4 is 22.1 Å². The fraction of sp³-hybridized carbons (Fsp3) is 0.111. The van der Waals surface area contributed by atoms with Gasteiger partial charge in [0.1, 0.15) is 17.0 Å². The summed E-state index contributed by atoms with van der Waals surface area (Å²) in [6.45, 7) is 0. The van der Waals surface area contributed by atoms with Crippen LogP contribution >= 0.6 is 0 Å². The first kappa shape index (κ1) is 8.19. The second-order valence-electron chi connectivity index (χ2n) is 2.65. The summed E-state index contributed by atoms with van der Waals surface area (Å²) in [4.78, 5) is 11.4. The van der Waals surface area contributed by atoms with Crippen LogP contribution in [0.5, 0.6) is 5.75 Å². The maximum Gasteiger partial charge on any atom is 0.204 e. The lowest BCUT2D eigenvalue weighted by atomic mass is 10.1. The summed E-state index contributed by atoms with van der Waals surface area (Å²) < 4.78 is 15.6. The summed E-state index contributed by atoms with van der Waals surface area (Å²) in [6.07, 6.45) is 0.0885. The second-order valence-corrected chi connectivity index (χ2v) is 3.28. The minimum atomic E-state index is -0.0554. The molecule has 0 radical (unpaired) electrons. The molecule has 0 aromatic heterocycles. The second kappa shape index (κ2) is 3.14. The molecule has 0 spiro atoms. The predicted octanol–water partition coefficient (Wildman–Crippen LogP) is 0.995. The molecule has 3 nitrogen and oxygen atoms in total. The zero-order valence-corrected chi connectivity index (χ0v) is 7.47. The maximum absolute atomic E-state index is 11.4. The van der Waals surface area contributed by atoms with E-state index in [1.807, 2.05) is 0 Å². The first-order valence-electron chi connectivity index (χ1n) is 3.77. The van der Waals surface area contributed by atoms with Crippen LogP contribution in [0.15, 0.2) is 24.3 Å². The van der Waals surface area contributed by atoms with E-state index in [2.05, 4.69) is 0 Å². The lowest BCUT2D eigenvalue weighted by molar-refractivity contribution is 0.0988. The van der Waals surface area contributed by atoms with Gasteiger partial charge in [-0.25, -0.2) is 4.21 Å². The molecule has 1 aromatic carbocycles. The number of fused-ring (bicyclic) bond motifs is 1.